The minimum atomic E-state index is -0.0381. The molecule has 0 saturated carbocycles. The molecule has 2 heteroatoms. The molecule has 0 fully saturated rings. The Morgan fingerprint density at radius 3 is 2.24 bits per heavy atom. The fraction of sp³-hybridized carbons (Fsp3) is 0.316. The number of hydrogen-bond donors (Lipinski definition) is 0. The zero-order valence-corrected chi connectivity index (χ0v) is 12.9. The Morgan fingerprint density at radius 1 is 1.05 bits per heavy atom. The van der Waals surface area contributed by atoms with Crippen molar-refractivity contribution in [2.45, 2.75) is 32.6 Å². The third-order valence-electron chi connectivity index (χ3n) is 3.88. The van der Waals surface area contributed by atoms with Crippen molar-refractivity contribution in [3.05, 3.63) is 65.2 Å². The number of benzene rings is 2. The Morgan fingerprint density at radius 2 is 1.67 bits per heavy atom. The molecule has 0 saturated heterocycles. The fourth-order valence-electron chi connectivity index (χ4n) is 2.32. The Hall–Kier alpha value is -2.09. The third-order valence-corrected chi connectivity index (χ3v) is 3.88. The van der Waals surface area contributed by atoms with Gasteiger partial charge in [0.1, 0.15) is 11.5 Å². The summed E-state index contributed by atoms with van der Waals surface area (Å²) in [6, 6.07) is 16.1. The monoisotopic (exact) mass is 282 g/mol. The number of carbonyl (C=O) groups excluding carboxylic acids is 1. The lowest BCUT2D eigenvalue weighted by molar-refractivity contribution is -0.120. The highest BCUT2D eigenvalue weighted by Gasteiger charge is 2.14. The molecule has 21 heavy (non-hydrogen) atoms. The molecule has 0 aliphatic rings. The van der Waals surface area contributed by atoms with Crippen LogP contribution in [0.5, 0.6) is 5.75 Å². The van der Waals surface area contributed by atoms with Crippen molar-refractivity contribution in [3.63, 3.8) is 0 Å². The van der Waals surface area contributed by atoms with Gasteiger partial charge in [0.05, 0.1) is 7.11 Å². The summed E-state index contributed by atoms with van der Waals surface area (Å²) in [5.74, 6) is 1.09. The first-order chi connectivity index (χ1) is 10.1. The van der Waals surface area contributed by atoms with Gasteiger partial charge in [-0.05, 0) is 36.6 Å². The Bertz CT molecular complexity index is 582. The summed E-state index contributed by atoms with van der Waals surface area (Å²) >= 11 is 0. The maximum atomic E-state index is 12.3. The molecule has 1 unspecified atom stereocenters. The molecular formula is C19H22O2. The summed E-state index contributed by atoms with van der Waals surface area (Å²) in [6.07, 6.45) is 1.35. The second-order valence-electron chi connectivity index (χ2n) is 5.45. The Labute approximate surface area is 126 Å². The highest BCUT2D eigenvalue weighted by Crippen LogP contribution is 2.20. The first kappa shape index (κ1) is 15.3. The van der Waals surface area contributed by atoms with Crippen molar-refractivity contribution in [1.82, 2.24) is 0 Å². The van der Waals surface area contributed by atoms with Crippen LogP contribution in [0.2, 0.25) is 0 Å². The summed E-state index contributed by atoms with van der Waals surface area (Å²) in [5, 5.41) is 0. The summed E-state index contributed by atoms with van der Waals surface area (Å²) in [4.78, 5) is 12.3. The van der Waals surface area contributed by atoms with Crippen LogP contribution in [-0.2, 0) is 11.2 Å². The van der Waals surface area contributed by atoms with E-state index in [4.69, 9.17) is 4.74 Å². The van der Waals surface area contributed by atoms with Crippen LogP contribution in [0, 0.1) is 6.92 Å². The molecule has 0 spiro atoms. The van der Waals surface area contributed by atoms with E-state index in [1.807, 2.05) is 43.3 Å². The quantitative estimate of drug-likeness (QED) is 0.789. The molecule has 0 aliphatic heterocycles. The maximum Gasteiger partial charge on any atom is 0.140 e. The van der Waals surface area contributed by atoms with Gasteiger partial charge in [-0.15, -0.1) is 0 Å². The first-order valence-electron chi connectivity index (χ1n) is 7.32. The molecule has 2 aromatic carbocycles. The normalized spacial score (nSPS) is 12.0. The molecule has 1 atom stereocenters. The van der Waals surface area contributed by atoms with E-state index in [1.165, 1.54) is 11.1 Å². The van der Waals surface area contributed by atoms with Crippen LogP contribution in [0.3, 0.4) is 0 Å². The van der Waals surface area contributed by atoms with Crippen LogP contribution in [0.4, 0.5) is 0 Å². The molecule has 110 valence electrons. The standard InChI is InChI=1S/C19H22O2/c1-14-4-9-17(10-5-14)15(2)19(20)13-8-16-6-11-18(21-3)12-7-16/h4-7,9-12,15H,8,13H2,1-3H3. The predicted octanol–water partition coefficient (Wildman–Crippen LogP) is 4.31. The molecule has 2 nitrogen and oxygen atoms in total. The first-order valence-corrected chi connectivity index (χ1v) is 7.32. The number of hydrogen-bond acceptors (Lipinski definition) is 2. The number of methoxy groups -OCH3 is 1. The average molecular weight is 282 g/mol. The Kier molecular flexibility index (Phi) is 5.15. The molecule has 0 aromatic heterocycles. The molecule has 0 radical (unpaired) electrons. The summed E-state index contributed by atoms with van der Waals surface area (Å²) in [6.45, 7) is 4.04. The predicted molar refractivity (Wildman–Crippen MR) is 85.9 cm³/mol. The molecule has 2 rings (SSSR count). The average Bonchev–Trinajstić information content (AvgIpc) is 2.53. The topological polar surface area (TPSA) is 26.3 Å². The van der Waals surface area contributed by atoms with E-state index in [9.17, 15) is 4.79 Å². The smallest absolute Gasteiger partial charge is 0.140 e. The van der Waals surface area contributed by atoms with Crippen LogP contribution in [-0.4, -0.2) is 12.9 Å². The number of rotatable bonds is 6. The molecule has 0 heterocycles. The van der Waals surface area contributed by atoms with E-state index >= 15 is 0 Å². The van der Waals surface area contributed by atoms with Crippen LogP contribution in [0.1, 0.15) is 36.0 Å². The zero-order valence-electron chi connectivity index (χ0n) is 12.9. The van der Waals surface area contributed by atoms with Gasteiger partial charge in [-0.2, -0.15) is 0 Å². The highest BCUT2D eigenvalue weighted by molar-refractivity contribution is 5.85. The van der Waals surface area contributed by atoms with Crippen LogP contribution in [0.15, 0.2) is 48.5 Å². The molecule has 2 aromatic rings. The number of ketones is 1. The second kappa shape index (κ2) is 7.07. The van der Waals surface area contributed by atoms with Gasteiger partial charge in [-0.1, -0.05) is 48.9 Å². The Balaban J connectivity index is 1.92. The van der Waals surface area contributed by atoms with Gasteiger partial charge >= 0.3 is 0 Å². The molecule has 0 N–H and O–H groups in total. The summed E-state index contributed by atoms with van der Waals surface area (Å²) < 4.78 is 5.13. The van der Waals surface area contributed by atoms with E-state index in [0.717, 1.165) is 17.7 Å². The number of aryl methyl sites for hydroxylation is 2. The van der Waals surface area contributed by atoms with Gasteiger partial charge in [0.15, 0.2) is 0 Å². The van der Waals surface area contributed by atoms with Gasteiger partial charge in [0.25, 0.3) is 0 Å². The summed E-state index contributed by atoms with van der Waals surface area (Å²) in [7, 11) is 1.65. The van der Waals surface area contributed by atoms with E-state index in [-0.39, 0.29) is 11.7 Å². The van der Waals surface area contributed by atoms with Crippen LogP contribution >= 0.6 is 0 Å². The van der Waals surface area contributed by atoms with E-state index in [1.54, 1.807) is 7.11 Å². The van der Waals surface area contributed by atoms with Gasteiger partial charge in [-0.25, -0.2) is 0 Å². The van der Waals surface area contributed by atoms with Crippen molar-refractivity contribution in [2.75, 3.05) is 7.11 Å². The van der Waals surface area contributed by atoms with Crippen molar-refractivity contribution < 1.29 is 9.53 Å². The lowest BCUT2D eigenvalue weighted by Gasteiger charge is -2.11. The van der Waals surface area contributed by atoms with Crippen molar-refractivity contribution in [2.24, 2.45) is 0 Å². The van der Waals surface area contributed by atoms with Crippen molar-refractivity contribution in [1.29, 1.82) is 0 Å². The largest absolute Gasteiger partial charge is 0.497 e. The number of Topliss-reactive ketones (excluding diaryl/α,β-unsaturated/α-hetero) is 1. The van der Waals surface area contributed by atoms with Gasteiger partial charge in [0, 0.05) is 12.3 Å². The van der Waals surface area contributed by atoms with E-state index in [0.29, 0.717) is 6.42 Å². The second-order valence-corrected chi connectivity index (χ2v) is 5.45. The van der Waals surface area contributed by atoms with Crippen LogP contribution < -0.4 is 4.74 Å². The minimum absolute atomic E-state index is 0.0381. The lowest BCUT2D eigenvalue weighted by Crippen LogP contribution is -2.10. The van der Waals surface area contributed by atoms with Gasteiger partial charge in [-0.3, -0.25) is 4.79 Å². The van der Waals surface area contributed by atoms with Gasteiger partial charge < -0.3 is 4.74 Å². The van der Waals surface area contributed by atoms with Crippen molar-refractivity contribution >= 4 is 5.78 Å². The van der Waals surface area contributed by atoms with E-state index in [2.05, 4.69) is 19.1 Å². The SMILES string of the molecule is COc1ccc(CCC(=O)C(C)c2ccc(C)cc2)cc1. The molecule has 0 bridgehead atoms. The summed E-state index contributed by atoms with van der Waals surface area (Å²) in [5.41, 5.74) is 3.48. The number of carbonyl (C=O) groups is 1. The molecule has 0 amide bonds. The zero-order chi connectivity index (χ0) is 15.2. The number of ether oxygens (including phenoxy) is 1. The van der Waals surface area contributed by atoms with Crippen molar-refractivity contribution in [3.8, 4) is 5.75 Å². The molecular weight excluding hydrogens is 260 g/mol. The van der Waals surface area contributed by atoms with Crippen LogP contribution in [0.25, 0.3) is 0 Å². The minimum Gasteiger partial charge on any atom is -0.497 e. The molecule has 0 aliphatic carbocycles. The van der Waals surface area contributed by atoms with Gasteiger partial charge in [0.2, 0.25) is 0 Å². The fourth-order valence-corrected chi connectivity index (χ4v) is 2.32. The lowest BCUT2D eigenvalue weighted by atomic mass is 9.92. The van der Waals surface area contributed by atoms with E-state index < -0.39 is 0 Å². The maximum absolute atomic E-state index is 12.3. The third kappa shape index (κ3) is 4.19. The highest BCUT2D eigenvalue weighted by atomic mass is 16.5.